The number of rotatable bonds is 4. The number of pyridine rings is 1. The fourth-order valence-electron chi connectivity index (χ4n) is 4.49. The van der Waals surface area contributed by atoms with E-state index in [2.05, 4.69) is 13.8 Å². The van der Waals surface area contributed by atoms with Gasteiger partial charge in [-0.3, -0.25) is 4.79 Å². The molecular formula is C20H22FNO4. The molecule has 1 atom stereocenters. The summed E-state index contributed by atoms with van der Waals surface area (Å²) < 4.78 is 22.6. The molecule has 0 spiro atoms. The molecule has 0 saturated heterocycles. The zero-order chi connectivity index (χ0) is 18.8. The van der Waals surface area contributed by atoms with Crippen molar-refractivity contribution in [2.75, 3.05) is 0 Å². The van der Waals surface area contributed by atoms with E-state index in [9.17, 15) is 14.7 Å². The Hall–Kier alpha value is -2.21. The number of nitrogens with zero attached hydrogens (tertiary/aromatic N) is 1. The normalized spacial score (nSPS) is 20.6. The van der Waals surface area contributed by atoms with E-state index in [-0.39, 0.29) is 23.0 Å². The molecule has 1 fully saturated rings. The minimum Gasteiger partial charge on any atom is -0.477 e. The number of hydrogen-bond donors (Lipinski definition) is 1. The van der Waals surface area contributed by atoms with Gasteiger partial charge in [0.1, 0.15) is 17.6 Å². The van der Waals surface area contributed by atoms with Crippen molar-refractivity contribution in [1.29, 1.82) is 0 Å². The minimum atomic E-state index is -1.32. The lowest BCUT2D eigenvalue weighted by atomic mass is 9.83. The van der Waals surface area contributed by atoms with Crippen LogP contribution in [0.15, 0.2) is 17.1 Å². The van der Waals surface area contributed by atoms with Gasteiger partial charge in [-0.05, 0) is 43.6 Å². The van der Waals surface area contributed by atoms with Crippen LogP contribution in [0.5, 0.6) is 0 Å². The molecule has 138 valence electrons. The number of carboxylic acid groups (broad SMARTS) is 1. The van der Waals surface area contributed by atoms with Crippen LogP contribution in [0.25, 0.3) is 10.9 Å². The SMILES string of the molecule is CC(C)CC1(c2c(F)cc3c(=O)c(C(=O)O)cn4c3c2COC4C)CC1. The van der Waals surface area contributed by atoms with Gasteiger partial charge in [0.15, 0.2) is 0 Å². The van der Waals surface area contributed by atoms with Crippen molar-refractivity contribution in [1.82, 2.24) is 4.57 Å². The molecular weight excluding hydrogens is 337 g/mol. The first-order valence-corrected chi connectivity index (χ1v) is 9.01. The second-order valence-corrected chi connectivity index (χ2v) is 7.98. The van der Waals surface area contributed by atoms with Crippen LogP contribution in [-0.4, -0.2) is 15.6 Å². The molecule has 1 aromatic heterocycles. The number of hydrogen-bond acceptors (Lipinski definition) is 3. The molecule has 5 nitrogen and oxygen atoms in total. The summed E-state index contributed by atoms with van der Waals surface area (Å²) in [5.41, 5.74) is 0.768. The van der Waals surface area contributed by atoms with Crippen molar-refractivity contribution in [3.63, 3.8) is 0 Å². The number of aromatic nitrogens is 1. The van der Waals surface area contributed by atoms with Crippen molar-refractivity contribution in [2.45, 2.75) is 58.3 Å². The molecule has 2 heterocycles. The molecule has 1 unspecified atom stereocenters. The Morgan fingerprint density at radius 3 is 2.73 bits per heavy atom. The Kier molecular flexibility index (Phi) is 3.74. The quantitative estimate of drug-likeness (QED) is 0.897. The zero-order valence-corrected chi connectivity index (χ0v) is 15.1. The third-order valence-electron chi connectivity index (χ3n) is 5.64. The third-order valence-corrected chi connectivity index (χ3v) is 5.64. The summed E-state index contributed by atoms with van der Waals surface area (Å²) in [5.74, 6) is -1.31. The number of carboxylic acids is 1. The first-order valence-electron chi connectivity index (χ1n) is 9.01. The molecule has 1 N–H and O–H groups in total. The van der Waals surface area contributed by atoms with E-state index in [4.69, 9.17) is 4.74 Å². The van der Waals surface area contributed by atoms with Crippen molar-refractivity contribution >= 4 is 16.9 Å². The van der Waals surface area contributed by atoms with Gasteiger partial charge in [-0.25, -0.2) is 9.18 Å². The van der Waals surface area contributed by atoms with Gasteiger partial charge in [0.25, 0.3) is 0 Å². The maximum Gasteiger partial charge on any atom is 0.341 e. The highest BCUT2D eigenvalue weighted by molar-refractivity contribution is 5.94. The van der Waals surface area contributed by atoms with Crippen LogP contribution < -0.4 is 5.43 Å². The highest BCUT2D eigenvalue weighted by Crippen LogP contribution is 2.55. The summed E-state index contributed by atoms with van der Waals surface area (Å²) in [6.07, 6.45) is 3.64. The van der Waals surface area contributed by atoms with Crippen molar-refractivity contribution in [3.8, 4) is 0 Å². The van der Waals surface area contributed by atoms with Gasteiger partial charge in [0.2, 0.25) is 5.43 Å². The largest absolute Gasteiger partial charge is 0.477 e. The molecule has 26 heavy (non-hydrogen) atoms. The van der Waals surface area contributed by atoms with Gasteiger partial charge in [0, 0.05) is 22.7 Å². The molecule has 0 radical (unpaired) electrons. The van der Waals surface area contributed by atoms with Gasteiger partial charge in [-0.1, -0.05) is 13.8 Å². The average Bonchev–Trinajstić information content (AvgIpc) is 3.31. The predicted octanol–water partition coefficient (Wildman–Crippen LogP) is 3.97. The smallest absolute Gasteiger partial charge is 0.341 e. The van der Waals surface area contributed by atoms with E-state index >= 15 is 4.39 Å². The van der Waals surface area contributed by atoms with Gasteiger partial charge in [-0.2, -0.15) is 0 Å². The van der Waals surface area contributed by atoms with Crippen LogP contribution in [0.1, 0.15) is 67.7 Å². The standard InChI is InChI=1S/C20H22FNO4/c1-10(2)7-20(4-5-20)16-14-9-26-11(3)22-8-13(19(24)25)18(23)12(17(14)22)6-15(16)21/h6,8,10-11H,4-5,7,9H2,1-3H3,(H,24,25). The molecule has 2 aromatic rings. The van der Waals surface area contributed by atoms with Crippen molar-refractivity contribution in [3.05, 3.63) is 45.0 Å². The predicted molar refractivity (Wildman–Crippen MR) is 95.0 cm³/mol. The summed E-state index contributed by atoms with van der Waals surface area (Å²) in [6.45, 7) is 6.27. The summed E-state index contributed by atoms with van der Waals surface area (Å²) in [6, 6.07) is 1.23. The molecule has 0 amide bonds. The van der Waals surface area contributed by atoms with Crippen LogP contribution in [-0.2, 0) is 16.8 Å². The van der Waals surface area contributed by atoms with Gasteiger partial charge < -0.3 is 14.4 Å². The number of benzene rings is 1. The molecule has 6 heteroatoms. The van der Waals surface area contributed by atoms with Crippen LogP contribution in [0.4, 0.5) is 4.39 Å². The lowest BCUT2D eigenvalue weighted by Crippen LogP contribution is -2.27. The van der Waals surface area contributed by atoms with Crippen molar-refractivity contribution < 1.29 is 19.0 Å². The van der Waals surface area contributed by atoms with Crippen LogP contribution in [0, 0.1) is 11.7 Å². The number of aromatic carboxylic acids is 1. The monoisotopic (exact) mass is 359 g/mol. The Bertz CT molecular complexity index is 988. The summed E-state index contributed by atoms with van der Waals surface area (Å²) in [5, 5.41) is 9.45. The lowest BCUT2D eigenvalue weighted by Gasteiger charge is -2.31. The van der Waals surface area contributed by atoms with E-state index in [0.717, 1.165) is 19.3 Å². The molecule has 0 bridgehead atoms. The van der Waals surface area contributed by atoms with Gasteiger partial charge >= 0.3 is 5.97 Å². The number of ether oxygens (including phenoxy) is 1. The van der Waals surface area contributed by atoms with Crippen molar-refractivity contribution in [2.24, 2.45) is 5.92 Å². The van der Waals surface area contributed by atoms with Gasteiger partial charge in [0.05, 0.1) is 12.1 Å². The highest BCUT2D eigenvalue weighted by atomic mass is 19.1. The average molecular weight is 359 g/mol. The molecule has 4 rings (SSSR count). The summed E-state index contributed by atoms with van der Waals surface area (Å²) in [4.78, 5) is 24.1. The molecule has 1 aliphatic carbocycles. The maximum absolute atomic E-state index is 15.2. The highest BCUT2D eigenvalue weighted by Gasteiger charge is 2.48. The van der Waals surface area contributed by atoms with Crippen LogP contribution in [0.2, 0.25) is 0 Å². The van der Waals surface area contributed by atoms with E-state index in [1.54, 1.807) is 11.5 Å². The molecule has 1 aliphatic heterocycles. The van der Waals surface area contributed by atoms with E-state index < -0.39 is 23.4 Å². The van der Waals surface area contributed by atoms with Crippen LogP contribution in [0.3, 0.4) is 0 Å². The number of carbonyl (C=O) groups is 1. The summed E-state index contributed by atoms with van der Waals surface area (Å²) in [7, 11) is 0. The topological polar surface area (TPSA) is 68.5 Å². The molecule has 2 aliphatic rings. The second-order valence-electron chi connectivity index (χ2n) is 7.98. The first-order chi connectivity index (χ1) is 12.2. The lowest BCUT2D eigenvalue weighted by molar-refractivity contribution is -0.00275. The summed E-state index contributed by atoms with van der Waals surface area (Å²) >= 11 is 0. The third kappa shape index (κ3) is 2.39. The Morgan fingerprint density at radius 1 is 1.46 bits per heavy atom. The van der Waals surface area contributed by atoms with Crippen LogP contribution >= 0.6 is 0 Å². The van der Waals surface area contributed by atoms with E-state index in [0.29, 0.717) is 22.6 Å². The molecule has 1 saturated carbocycles. The van der Waals surface area contributed by atoms with Gasteiger partial charge in [-0.15, -0.1) is 0 Å². The maximum atomic E-state index is 15.2. The fourth-order valence-corrected chi connectivity index (χ4v) is 4.49. The zero-order valence-electron chi connectivity index (χ0n) is 15.1. The first kappa shape index (κ1) is 17.2. The molecule has 1 aromatic carbocycles. The Morgan fingerprint density at radius 2 is 2.15 bits per heavy atom. The number of halogens is 1. The Balaban J connectivity index is 2.08. The van der Waals surface area contributed by atoms with E-state index in [1.165, 1.54) is 12.3 Å². The second kappa shape index (κ2) is 5.64. The fraction of sp³-hybridized carbons (Fsp3) is 0.500. The minimum absolute atomic E-state index is 0.122. The Labute approximate surface area is 150 Å². The van der Waals surface area contributed by atoms with E-state index in [1.807, 2.05) is 0 Å².